The fraction of sp³-hybridized carbons (Fsp3) is 0.632. The number of ether oxygens (including phenoxy) is 1. The molecule has 1 aromatic rings. The fourth-order valence-corrected chi connectivity index (χ4v) is 3.20. The number of aliphatic imine (C=N–C) groups is 1. The van der Waals surface area contributed by atoms with Crippen LogP contribution >= 0.6 is 24.0 Å². The Bertz CT molecular complexity index is 596. The smallest absolute Gasteiger partial charge is 0.406 e. The van der Waals surface area contributed by atoms with E-state index in [-0.39, 0.29) is 29.7 Å². The quantitative estimate of drug-likeness (QED) is 0.237. The van der Waals surface area contributed by atoms with Gasteiger partial charge in [0.05, 0.1) is 6.54 Å². The fourth-order valence-electron chi connectivity index (χ4n) is 3.20. The Kier molecular flexibility index (Phi) is 10.9. The monoisotopic (exact) mass is 514 g/mol. The Morgan fingerprint density at radius 3 is 2.64 bits per heavy atom. The summed E-state index contributed by atoms with van der Waals surface area (Å²) in [7, 11) is 0. The van der Waals surface area contributed by atoms with Gasteiger partial charge in [0.25, 0.3) is 0 Å². The second kappa shape index (κ2) is 12.4. The van der Waals surface area contributed by atoms with Crippen molar-refractivity contribution in [2.75, 3.05) is 26.2 Å². The molecule has 0 amide bonds. The van der Waals surface area contributed by atoms with Crippen molar-refractivity contribution < 1.29 is 17.9 Å². The van der Waals surface area contributed by atoms with E-state index in [1.807, 2.05) is 0 Å². The van der Waals surface area contributed by atoms with E-state index in [0.29, 0.717) is 12.5 Å². The van der Waals surface area contributed by atoms with E-state index in [1.165, 1.54) is 50.2 Å². The van der Waals surface area contributed by atoms with E-state index in [4.69, 9.17) is 5.73 Å². The number of nitrogens with two attached hydrogens (primary N) is 1. The minimum absolute atomic E-state index is 0. The summed E-state index contributed by atoms with van der Waals surface area (Å²) in [5.41, 5.74) is 6.59. The molecule has 1 unspecified atom stereocenters. The standard InChI is InChI=1S/C19H29F3N4O.HI/c1-15-5-4-12-26(14-15)11-3-2-10-24-18(23)25-13-16-6-8-17(9-7-16)27-19(20,21)22;/h6-9,15H,2-5,10-14H2,1H3,(H3,23,24,25);1H. The molecule has 0 bridgehead atoms. The lowest BCUT2D eigenvalue weighted by atomic mass is 10.0. The molecule has 5 nitrogen and oxygen atoms in total. The molecule has 9 heteroatoms. The van der Waals surface area contributed by atoms with Gasteiger partial charge in [-0.1, -0.05) is 19.1 Å². The van der Waals surface area contributed by atoms with Crippen molar-refractivity contribution in [3.05, 3.63) is 29.8 Å². The van der Waals surface area contributed by atoms with Gasteiger partial charge in [-0.2, -0.15) is 0 Å². The predicted molar refractivity (Wildman–Crippen MR) is 116 cm³/mol. The molecule has 0 saturated carbocycles. The first kappa shape index (κ1) is 24.8. The lowest BCUT2D eigenvalue weighted by molar-refractivity contribution is -0.274. The summed E-state index contributed by atoms with van der Waals surface area (Å²) in [6.07, 6.45) is 0.0873. The number of nitrogens with zero attached hydrogens (tertiary/aromatic N) is 2. The summed E-state index contributed by atoms with van der Waals surface area (Å²) in [4.78, 5) is 6.73. The highest BCUT2D eigenvalue weighted by Gasteiger charge is 2.30. The molecule has 1 saturated heterocycles. The summed E-state index contributed by atoms with van der Waals surface area (Å²) < 4.78 is 40.2. The van der Waals surface area contributed by atoms with Gasteiger partial charge in [-0.05, 0) is 62.4 Å². The number of unbranched alkanes of at least 4 members (excludes halogenated alkanes) is 1. The maximum absolute atomic E-state index is 12.1. The largest absolute Gasteiger partial charge is 0.573 e. The normalized spacial score (nSPS) is 18.4. The van der Waals surface area contributed by atoms with Crippen LogP contribution < -0.4 is 15.8 Å². The zero-order valence-corrected chi connectivity index (χ0v) is 18.5. The number of rotatable bonds is 8. The number of nitrogens with one attached hydrogen (secondary N) is 1. The van der Waals surface area contributed by atoms with E-state index in [1.54, 1.807) is 0 Å². The van der Waals surface area contributed by atoms with Crippen LogP contribution in [0.2, 0.25) is 0 Å². The number of halogens is 4. The van der Waals surface area contributed by atoms with Crippen LogP contribution in [-0.4, -0.2) is 43.4 Å². The van der Waals surface area contributed by atoms with Crippen LogP contribution in [0.3, 0.4) is 0 Å². The van der Waals surface area contributed by atoms with Gasteiger partial charge in [0, 0.05) is 13.1 Å². The molecule has 2 rings (SSSR count). The third-order valence-corrected chi connectivity index (χ3v) is 4.54. The first-order valence-electron chi connectivity index (χ1n) is 9.42. The van der Waals surface area contributed by atoms with E-state index in [2.05, 4.69) is 26.9 Å². The number of guanidine groups is 1. The molecule has 1 fully saturated rings. The molecule has 160 valence electrons. The van der Waals surface area contributed by atoms with E-state index >= 15 is 0 Å². The van der Waals surface area contributed by atoms with Crippen LogP contribution in [0, 0.1) is 5.92 Å². The Hall–Kier alpha value is -1.23. The second-order valence-electron chi connectivity index (χ2n) is 7.08. The molecule has 1 atom stereocenters. The minimum atomic E-state index is -4.68. The summed E-state index contributed by atoms with van der Waals surface area (Å²) in [6, 6.07) is 5.61. The average Bonchev–Trinajstić information content (AvgIpc) is 2.59. The first-order valence-corrected chi connectivity index (χ1v) is 9.42. The van der Waals surface area contributed by atoms with Crippen LogP contribution in [0.5, 0.6) is 5.75 Å². The van der Waals surface area contributed by atoms with Gasteiger partial charge in [-0.15, -0.1) is 37.1 Å². The third-order valence-electron chi connectivity index (χ3n) is 4.54. The van der Waals surface area contributed by atoms with Gasteiger partial charge >= 0.3 is 6.36 Å². The van der Waals surface area contributed by atoms with Crippen LogP contribution in [0.1, 0.15) is 38.2 Å². The number of benzene rings is 1. The van der Waals surface area contributed by atoms with Crippen molar-refractivity contribution >= 4 is 29.9 Å². The topological polar surface area (TPSA) is 62.9 Å². The zero-order chi connectivity index (χ0) is 19.7. The van der Waals surface area contributed by atoms with Crippen LogP contribution in [0.4, 0.5) is 13.2 Å². The predicted octanol–water partition coefficient (Wildman–Crippen LogP) is 4.12. The maximum atomic E-state index is 12.1. The average molecular weight is 514 g/mol. The highest BCUT2D eigenvalue weighted by atomic mass is 127. The molecular weight excluding hydrogens is 484 g/mol. The van der Waals surface area contributed by atoms with Crippen LogP contribution in [0.25, 0.3) is 0 Å². The minimum Gasteiger partial charge on any atom is -0.406 e. The summed E-state index contributed by atoms with van der Waals surface area (Å²) in [5.74, 6) is 0.899. The van der Waals surface area contributed by atoms with Crippen molar-refractivity contribution in [2.24, 2.45) is 16.6 Å². The Morgan fingerprint density at radius 1 is 1.29 bits per heavy atom. The number of likely N-dealkylation sites (tertiary alicyclic amines) is 1. The van der Waals surface area contributed by atoms with Crippen LogP contribution in [0.15, 0.2) is 29.3 Å². The molecule has 0 spiro atoms. The van der Waals surface area contributed by atoms with Crippen LogP contribution in [-0.2, 0) is 6.54 Å². The lowest BCUT2D eigenvalue weighted by Crippen LogP contribution is -2.36. The van der Waals surface area contributed by atoms with Crippen molar-refractivity contribution in [3.63, 3.8) is 0 Å². The van der Waals surface area contributed by atoms with Gasteiger partial charge in [-0.25, -0.2) is 4.99 Å². The van der Waals surface area contributed by atoms with Gasteiger partial charge in [-0.3, -0.25) is 0 Å². The molecule has 1 aromatic carbocycles. The SMILES string of the molecule is CC1CCCN(CCCCNC(N)=NCc2ccc(OC(F)(F)F)cc2)C1.I. The summed E-state index contributed by atoms with van der Waals surface area (Å²) >= 11 is 0. The highest BCUT2D eigenvalue weighted by Crippen LogP contribution is 2.22. The molecule has 1 heterocycles. The Labute approximate surface area is 181 Å². The van der Waals surface area contributed by atoms with Gasteiger partial charge in [0.1, 0.15) is 5.75 Å². The zero-order valence-electron chi connectivity index (χ0n) is 16.2. The van der Waals surface area contributed by atoms with E-state index in [0.717, 1.165) is 37.4 Å². The molecular formula is C19H30F3IN4O. The number of alkyl halides is 3. The molecule has 28 heavy (non-hydrogen) atoms. The molecule has 1 aliphatic heterocycles. The molecule has 1 aliphatic rings. The van der Waals surface area contributed by atoms with Crippen molar-refractivity contribution in [1.82, 2.24) is 10.2 Å². The van der Waals surface area contributed by atoms with Crippen molar-refractivity contribution in [2.45, 2.75) is 45.5 Å². The van der Waals surface area contributed by atoms with Crippen molar-refractivity contribution in [1.29, 1.82) is 0 Å². The van der Waals surface area contributed by atoms with E-state index < -0.39 is 6.36 Å². The maximum Gasteiger partial charge on any atom is 0.573 e. The first-order chi connectivity index (χ1) is 12.8. The molecule has 3 N–H and O–H groups in total. The second-order valence-corrected chi connectivity index (χ2v) is 7.08. The third kappa shape index (κ3) is 10.4. The van der Waals surface area contributed by atoms with Gasteiger partial charge in [0.2, 0.25) is 0 Å². The van der Waals surface area contributed by atoms with E-state index in [9.17, 15) is 13.2 Å². The van der Waals surface area contributed by atoms with Gasteiger partial charge in [0.15, 0.2) is 5.96 Å². The Balaban J connectivity index is 0.00000392. The number of piperidine rings is 1. The van der Waals surface area contributed by atoms with Gasteiger partial charge < -0.3 is 20.7 Å². The highest BCUT2D eigenvalue weighted by molar-refractivity contribution is 14.0. The summed E-state index contributed by atoms with van der Waals surface area (Å²) in [5, 5.41) is 3.08. The number of hydrogen-bond donors (Lipinski definition) is 2. The van der Waals surface area contributed by atoms with Crippen molar-refractivity contribution in [3.8, 4) is 5.75 Å². The molecule has 0 radical (unpaired) electrons. The summed E-state index contributed by atoms with van der Waals surface area (Å²) in [6.45, 7) is 6.89. The number of hydrogen-bond acceptors (Lipinski definition) is 3. The lowest BCUT2D eigenvalue weighted by Gasteiger charge is -2.30. The molecule has 0 aromatic heterocycles. The Morgan fingerprint density at radius 2 is 2.00 bits per heavy atom. The molecule has 0 aliphatic carbocycles.